The van der Waals surface area contributed by atoms with Gasteiger partial charge in [0.05, 0.1) is 12.6 Å². The molecule has 0 amide bonds. The van der Waals surface area contributed by atoms with Crippen molar-refractivity contribution >= 4 is 0 Å². The molecule has 0 aliphatic carbocycles. The minimum Gasteiger partial charge on any atom is -0.383 e. The van der Waals surface area contributed by atoms with E-state index in [-0.39, 0.29) is 6.04 Å². The van der Waals surface area contributed by atoms with Gasteiger partial charge in [0, 0.05) is 19.2 Å². The van der Waals surface area contributed by atoms with Crippen molar-refractivity contribution in [1.82, 2.24) is 5.32 Å². The van der Waals surface area contributed by atoms with Crippen LogP contribution in [0.25, 0.3) is 0 Å². The number of rotatable bonds is 8. The lowest BCUT2D eigenvalue weighted by molar-refractivity contribution is 0.197. The Morgan fingerprint density at radius 3 is 2.50 bits per heavy atom. The molecule has 0 radical (unpaired) electrons. The molecule has 0 aliphatic rings. The number of ether oxygens (including phenoxy) is 1. The summed E-state index contributed by atoms with van der Waals surface area (Å²) in [6, 6.07) is 8.86. The molecule has 1 aromatic carbocycles. The first-order valence-corrected chi connectivity index (χ1v) is 7.63. The number of hydrogen-bond donors (Lipinski definition) is 1. The van der Waals surface area contributed by atoms with Crippen LogP contribution in [0.2, 0.25) is 0 Å². The zero-order valence-electron chi connectivity index (χ0n) is 13.0. The van der Waals surface area contributed by atoms with Crippen LogP contribution < -0.4 is 5.32 Å². The fourth-order valence-electron chi connectivity index (χ4n) is 2.06. The van der Waals surface area contributed by atoms with E-state index in [4.69, 9.17) is 4.74 Å². The maximum atomic E-state index is 5.06. The molecule has 1 rings (SSSR count). The predicted octanol–water partition coefficient (Wildman–Crippen LogP) is 3.40. The van der Waals surface area contributed by atoms with Gasteiger partial charge in [0.25, 0.3) is 0 Å². The molecule has 1 aromatic rings. The van der Waals surface area contributed by atoms with Crippen LogP contribution in [-0.4, -0.2) is 26.3 Å². The molecule has 0 aliphatic heterocycles. The van der Waals surface area contributed by atoms with Crippen LogP contribution in [-0.2, 0) is 11.2 Å². The molecular weight excluding hydrogens is 246 g/mol. The van der Waals surface area contributed by atoms with Crippen molar-refractivity contribution in [2.24, 2.45) is 0 Å². The first-order chi connectivity index (χ1) is 9.80. The number of nitrogens with one attached hydrogen (secondary N) is 1. The molecule has 0 bridgehead atoms. The van der Waals surface area contributed by atoms with E-state index in [1.54, 1.807) is 7.11 Å². The zero-order chi connectivity index (χ0) is 14.6. The van der Waals surface area contributed by atoms with E-state index in [2.05, 4.69) is 55.3 Å². The molecule has 20 heavy (non-hydrogen) atoms. The summed E-state index contributed by atoms with van der Waals surface area (Å²) in [5, 5.41) is 3.42. The molecule has 2 heteroatoms. The number of hydrogen-bond acceptors (Lipinski definition) is 2. The van der Waals surface area contributed by atoms with Gasteiger partial charge in [-0.2, -0.15) is 0 Å². The lowest BCUT2D eigenvalue weighted by Crippen LogP contribution is -2.30. The van der Waals surface area contributed by atoms with Crippen molar-refractivity contribution in [2.75, 3.05) is 20.3 Å². The summed E-state index contributed by atoms with van der Waals surface area (Å²) in [6.07, 6.45) is 4.54. The Labute approximate surface area is 123 Å². The molecule has 1 atom stereocenters. The van der Waals surface area contributed by atoms with E-state index in [1.165, 1.54) is 12.0 Å². The summed E-state index contributed by atoms with van der Waals surface area (Å²) in [5.41, 5.74) is 2.49. The van der Waals surface area contributed by atoms with Crippen LogP contribution in [0.4, 0.5) is 0 Å². The van der Waals surface area contributed by atoms with Gasteiger partial charge >= 0.3 is 0 Å². The summed E-state index contributed by atoms with van der Waals surface area (Å²) < 4.78 is 5.06. The Balaban J connectivity index is 2.58. The summed E-state index contributed by atoms with van der Waals surface area (Å²) >= 11 is 0. The third-order valence-corrected chi connectivity index (χ3v) is 3.16. The van der Waals surface area contributed by atoms with Gasteiger partial charge in [-0.1, -0.05) is 50.7 Å². The van der Waals surface area contributed by atoms with Crippen molar-refractivity contribution in [2.45, 2.75) is 45.6 Å². The van der Waals surface area contributed by atoms with Gasteiger partial charge in [-0.15, -0.1) is 0 Å². The lowest BCUT2D eigenvalue weighted by atomic mass is 10.1. The zero-order valence-corrected chi connectivity index (χ0v) is 13.0. The molecule has 0 saturated carbocycles. The van der Waals surface area contributed by atoms with Crippen LogP contribution in [0.1, 0.15) is 44.2 Å². The smallest absolute Gasteiger partial charge is 0.0694 e. The second-order valence-corrected chi connectivity index (χ2v) is 5.00. The third kappa shape index (κ3) is 6.75. The van der Waals surface area contributed by atoms with Gasteiger partial charge in [0.2, 0.25) is 0 Å². The lowest BCUT2D eigenvalue weighted by Gasteiger charge is -2.11. The summed E-state index contributed by atoms with van der Waals surface area (Å²) in [4.78, 5) is 0. The Kier molecular flexibility index (Phi) is 8.78. The van der Waals surface area contributed by atoms with E-state index in [0.29, 0.717) is 0 Å². The highest BCUT2D eigenvalue weighted by Gasteiger charge is 2.01. The van der Waals surface area contributed by atoms with E-state index in [0.717, 1.165) is 38.0 Å². The van der Waals surface area contributed by atoms with Crippen LogP contribution in [0.3, 0.4) is 0 Å². The molecule has 2 nitrogen and oxygen atoms in total. The Morgan fingerprint density at radius 1 is 1.15 bits per heavy atom. The summed E-state index contributed by atoms with van der Waals surface area (Å²) in [6.45, 7) is 5.97. The molecule has 0 spiro atoms. The normalized spacial score (nSPS) is 11.8. The number of aryl methyl sites for hydroxylation is 1. The van der Waals surface area contributed by atoms with Gasteiger partial charge in [0.1, 0.15) is 0 Å². The predicted molar refractivity (Wildman–Crippen MR) is 85.9 cm³/mol. The highest BCUT2D eigenvalue weighted by Crippen LogP contribution is 2.06. The van der Waals surface area contributed by atoms with Gasteiger partial charge in [-0.25, -0.2) is 0 Å². The van der Waals surface area contributed by atoms with Crippen molar-refractivity contribution in [3.8, 4) is 11.8 Å². The number of methoxy groups -OCH3 is 1. The maximum absolute atomic E-state index is 5.06. The van der Waals surface area contributed by atoms with Crippen molar-refractivity contribution in [3.63, 3.8) is 0 Å². The SMILES string of the molecule is CCCc1ccc(C#CC(CCC)NCCOC)cc1. The van der Waals surface area contributed by atoms with E-state index in [9.17, 15) is 0 Å². The monoisotopic (exact) mass is 273 g/mol. The second-order valence-electron chi connectivity index (χ2n) is 5.00. The average molecular weight is 273 g/mol. The quantitative estimate of drug-likeness (QED) is 0.579. The third-order valence-electron chi connectivity index (χ3n) is 3.16. The topological polar surface area (TPSA) is 21.3 Å². The fourth-order valence-corrected chi connectivity index (χ4v) is 2.06. The van der Waals surface area contributed by atoms with Gasteiger partial charge in [-0.05, 0) is 30.5 Å². The summed E-state index contributed by atoms with van der Waals surface area (Å²) in [7, 11) is 1.72. The molecule has 0 aromatic heterocycles. The average Bonchev–Trinajstić information content (AvgIpc) is 2.47. The fraction of sp³-hybridized carbons (Fsp3) is 0.556. The minimum atomic E-state index is 0.255. The van der Waals surface area contributed by atoms with E-state index in [1.807, 2.05) is 0 Å². The number of benzene rings is 1. The highest BCUT2D eigenvalue weighted by atomic mass is 16.5. The second kappa shape index (κ2) is 10.5. The van der Waals surface area contributed by atoms with Crippen LogP contribution >= 0.6 is 0 Å². The Bertz CT molecular complexity index is 413. The maximum Gasteiger partial charge on any atom is 0.0694 e. The van der Waals surface area contributed by atoms with Crippen molar-refractivity contribution in [3.05, 3.63) is 35.4 Å². The van der Waals surface area contributed by atoms with Gasteiger partial charge < -0.3 is 10.1 Å². The molecule has 1 N–H and O–H groups in total. The highest BCUT2D eigenvalue weighted by molar-refractivity contribution is 5.37. The minimum absolute atomic E-state index is 0.255. The van der Waals surface area contributed by atoms with Crippen LogP contribution in [0.15, 0.2) is 24.3 Å². The molecule has 1 unspecified atom stereocenters. The van der Waals surface area contributed by atoms with Gasteiger partial charge in [0.15, 0.2) is 0 Å². The van der Waals surface area contributed by atoms with E-state index >= 15 is 0 Å². The standard InChI is InChI=1S/C18H27NO/c1-4-6-16-8-10-17(11-9-16)12-13-18(7-5-2)19-14-15-20-3/h8-11,18-19H,4-7,14-15H2,1-3H3. The molecule has 0 fully saturated rings. The summed E-state index contributed by atoms with van der Waals surface area (Å²) in [5.74, 6) is 6.60. The van der Waals surface area contributed by atoms with Crippen molar-refractivity contribution < 1.29 is 4.74 Å². The van der Waals surface area contributed by atoms with Crippen molar-refractivity contribution in [1.29, 1.82) is 0 Å². The molecule has 0 saturated heterocycles. The molecule has 110 valence electrons. The Morgan fingerprint density at radius 2 is 1.90 bits per heavy atom. The first kappa shape index (κ1) is 16.8. The largest absolute Gasteiger partial charge is 0.383 e. The molecular formula is C18H27NO. The van der Waals surface area contributed by atoms with Gasteiger partial charge in [-0.3, -0.25) is 0 Å². The van der Waals surface area contributed by atoms with Crippen LogP contribution in [0.5, 0.6) is 0 Å². The Hall–Kier alpha value is -1.30. The molecule has 0 heterocycles. The first-order valence-electron chi connectivity index (χ1n) is 7.63. The van der Waals surface area contributed by atoms with E-state index < -0.39 is 0 Å². The van der Waals surface area contributed by atoms with Crippen LogP contribution in [0, 0.1) is 11.8 Å².